The molecule has 0 bridgehead atoms. The Hall–Kier alpha value is -3.00. The van der Waals surface area contributed by atoms with E-state index in [1.165, 1.54) is 19.1 Å². The first kappa shape index (κ1) is 20.3. The predicted molar refractivity (Wildman–Crippen MR) is 101 cm³/mol. The highest BCUT2D eigenvalue weighted by Crippen LogP contribution is 2.17. The van der Waals surface area contributed by atoms with Crippen molar-refractivity contribution in [3.05, 3.63) is 47.5 Å². The molecular weight excluding hydrogens is 348 g/mol. The number of amides is 1. The van der Waals surface area contributed by atoms with Gasteiger partial charge in [-0.2, -0.15) is 0 Å². The molecule has 0 radical (unpaired) electrons. The predicted octanol–water partition coefficient (Wildman–Crippen LogP) is 1.98. The van der Waals surface area contributed by atoms with E-state index in [1.54, 1.807) is 12.1 Å². The highest BCUT2D eigenvalue weighted by atomic mass is 16.5. The molecule has 3 rings (SSSR count). The highest BCUT2D eigenvalue weighted by Gasteiger charge is 2.15. The van der Waals surface area contributed by atoms with Crippen LogP contribution in [0.4, 0.5) is 5.82 Å². The summed E-state index contributed by atoms with van der Waals surface area (Å²) in [4.78, 5) is 21.3. The minimum absolute atomic E-state index is 0.184. The summed E-state index contributed by atoms with van der Waals surface area (Å²) in [6, 6.07) is 11.1. The zero-order valence-corrected chi connectivity index (χ0v) is 15.4. The van der Waals surface area contributed by atoms with E-state index in [0.717, 1.165) is 26.4 Å². The van der Waals surface area contributed by atoms with Gasteiger partial charge in [0.15, 0.2) is 5.82 Å². The van der Waals surface area contributed by atoms with Crippen LogP contribution in [0.25, 0.3) is 0 Å². The fourth-order valence-electron chi connectivity index (χ4n) is 2.75. The van der Waals surface area contributed by atoms with Gasteiger partial charge in [0.05, 0.1) is 7.11 Å². The Morgan fingerprint density at radius 2 is 2.07 bits per heavy atom. The standard InChI is InChI=1S/C17H20N4O2.C2H4O2/c1-23-16-6-5-15(20-21-16)19-17(22)14-4-2-3-12(10-14)9-13-7-8-18-11-13;1-2(3)4/h2-6,10,13,18H,7-9,11H2,1H3,(H,19,20,22);1H3,(H,3,4). The van der Waals surface area contributed by atoms with E-state index in [4.69, 9.17) is 14.6 Å². The molecule has 1 aromatic heterocycles. The van der Waals surface area contributed by atoms with Crippen molar-refractivity contribution in [1.82, 2.24) is 15.5 Å². The maximum absolute atomic E-state index is 12.3. The summed E-state index contributed by atoms with van der Waals surface area (Å²) < 4.78 is 4.95. The van der Waals surface area contributed by atoms with E-state index >= 15 is 0 Å². The first-order valence-corrected chi connectivity index (χ1v) is 8.66. The van der Waals surface area contributed by atoms with E-state index in [9.17, 15) is 4.79 Å². The fourth-order valence-corrected chi connectivity index (χ4v) is 2.75. The lowest BCUT2D eigenvalue weighted by Gasteiger charge is -2.10. The molecule has 2 heterocycles. The number of benzene rings is 1. The molecule has 2 aromatic rings. The number of nitrogens with one attached hydrogen (secondary N) is 2. The van der Waals surface area contributed by atoms with Crippen LogP contribution >= 0.6 is 0 Å². The number of rotatable bonds is 5. The van der Waals surface area contributed by atoms with E-state index in [2.05, 4.69) is 26.9 Å². The van der Waals surface area contributed by atoms with Crippen molar-refractivity contribution in [1.29, 1.82) is 0 Å². The van der Waals surface area contributed by atoms with Crippen molar-refractivity contribution in [3.63, 3.8) is 0 Å². The number of carbonyl (C=O) groups excluding carboxylic acids is 1. The SMILES string of the molecule is CC(=O)O.COc1ccc(NC(=O)c2cccc(CC3CCNC3)c2)nn1. The van der Waals surface area contributed by atoms with Crippen molar-refractivity contribution >= 4 is 17.7 Å². The largest absolute Gasteiger partial charge is 0.481 e. The number of aliphatic carboxylic acids is 1. The molecule has 3 N–H and O–H groups in total. The van der Waals surface area contributed by atoms with Crippen molar-refractivity contribution in [2.75, 3.05) is 25.5 Å². The zero-order chi connectivity index (χ0) is 19.6. The first-order valence-electron chi connectivity index (χ1n) is 8.66. The molecule has 1 unspecified atom stereocenters. The Bertz CT molecular complexity index is 755. The molecule has 1 saturated heterocycles. The maximum atomic E-state index is 12.3. The molecule has 8 nitrogen and oxygen atoms in total. The van der Waals surface area contributed by atoms with E-state index in [1.807, 2.05) is 18.2 Å². The quantitative estimate of drug-likeness (QED) is 0.735. The Morgan fingerprint density at radius 1 is 1.30 bits per heavy atom. The van der Waals surface area contributed by atoms with Crippen LogP contribution in [0.1, 0.15) is 29.3 Å². The summed E-state index contributed by atoms with van der Waals surface area (Å²) in [5.41, 5.74) is 1.82. The lowest BCUT2D eigenvalue weighted by Crippen LogP contribution is -2.14. The molecule has 1 amide bonds. The second kappa shape index (κ2) is 10.2. The summed E-state index contributed by atoms with van der Waals surface area (Å²) in [5.74, 6) is 0.452. The van der Waals surface area contributed by atoms with Crippen molar-refractivity contribution < 1.29 is 19.4 Å². The van der Waals surface area contributed by atoms with E-state index in [0.29, 0.717) is 23.2 Å². The van der Waals surface area contributed by atoms with Crippen LogP contribution in [0.3, 0.4) is 0 Å². The number of carboxylic acids is 1. The Labute approximate surface area is 158 Å². The van der Waals surface area contributed by atoms with Crippen molar-refractivity contribution in [3.8, 4) is 5.88 Å². The molecule has 1 aliphatic rings. The lowest BCUT2D eigenvalue weighted by atomic mass is 9.97. The molecule has 1 aromatic carbocycles. The molecule has 144 valence electrons. The summed E-state index contributed by atoms with van der Waals surface area (Å²) in [6.45, 7) is 3.22. The topological polar surface area (TPSA) is 113 Å². The van der Waals surface area contributed by atoms with Gasteiger partial charge in [-0.15, -0.1) is 10.2 Å². The van der Waals surface area contributed by atoms with Gasteiger partial charge >= 0.3 is 0 Å². The molecule has 0 saturated carbocycles. The Balaban J connectivity index is 0.000000596. The van der Waals surface area contributed by atoms with Crippen LogP contribution in [-0.4, -0.2) is 47.4 Å². The molecule has 8 heteroatoms. The number of ether oxygens (including phenoxy) is 1. The maximum Gasteiger partial charge on any atom is 0.300 e. The van der Waals surface area contributed by atoms with E-state index < -0.39 is 5.97 Å². The van der Waals surface area contributed by atoms with Crippen LogP contribution in [0.5, 0.6) is 5.88 Å². The summed E-state index contributed by atoms with van der Waals surface area (Å²) >= 11 is 0. The van der Waals surface area contributed by atoms with Gasteiger partial charge in [0.2, 0.25) is 5.88 Å². The van der Waals surface area contributed by atoms with Gasteiger partial charge in [-0.05, 0) is 55.6 Å². The number of nitrogens with zero attached hydrogens (tertiary/aromatic N) is 2. The second-order valence-electron chi connectivity index (χ2n) is 6.20. The summed E-state index contributed by atoms with van der Waals surface area (Å²) in [5, 5.41) is 21.3. The number of carboxylic acid groups (broad SMARTS) is 1. The average molecular weight is 372 g/mol. The minimum Gasteiger partial charge on any atom is -0.481 e. The normalized spacial score (nSPS) is 15.4. The summed E-state index contributed by atoms with van der Waals surface area (Å²) in [6.07, 6.45) is 2.19. The first-order chi connectivity index (χ1) is 13.0. The number of aromatic nitrogens is 2. The van der Waals surface area contributed by atoms with Gasteiger partial charge in [0.25, 0.3) is 11.9 Å². The smallest absolute Gasteiger partial charge is 0.300 e. The van der Waals surface area contributed by atoms with Crippen LogP contribution in [-0.2, 0) is 11.2 Å². The Kier molecular flexibility index (Phi) is 7.69. The minimum atomic E-state index is -0.833. The van der Waals surface area contributed by atoms with Crippen LogP contribution < -0.4 is 15.4 Å². The zero-order valence-electron chi connectivity index (χ0n) is 15.4. The Morgan fingerprint density at radius 3 is 2.67 bits per heavy atom. The molecule has 1 atom stereocenters. The molecule has 1 aliphatic heterocycles. The molecular formula is C19H24N4O4. The molecule has 1 fully saturated rings. The monoisotopic (exact) mass is 372 g/mol. The number of hydrogen-bond acceptors (Lipinski definition) is 6. The third-order valence-electron chi connectivity index (χ3n) is 3.97. The van der Waals surface area contributed by atoms with Gasteiger partial charge in [-0.3, -0.25) is 9.59 Å². The van der Waals surface area contributed by atoms with Crippen LogP contribution in [0.15, 0.2) is 36.4 Å². The van der Waals surface area contributed by atoms with E-state index in [-0.39, 0.29) is 5.91 Å². The van der Waals surface area contributed by atoms with Crippen molar-refractivity contribution in [2.45, 2.75) is 19.8 Å². The molecule has 0 aliphatic carbocycles. The van der Waals surface area contributed by atoms with Crippen LogP contribution in [0, 0.1) is 5.92 Å². The second-order valence-corrected chi connectivity index (χ2v) is 6.20. The van der Waals surface area contributed by atoms with Crippen LogP contribution in [0.2, 0.25) is 0 Å². The average Bonchev–Trinajstić information content (AvgIpc) is 3.15. The number of hydrogen-bond donors (Lipinski definition) is 3. The number of anilines is 1. The van der Waals surface area contributed by atoms with Gasteiger partial charge in [0.1, 0.15) is 0 Å². The third kappa shape index (κ3) is 7.02. The van der Waals surface area contributed by atoms with Gasteiger partial charge in [-0.25, -0.2) is 0 Å². The third-order valence-corrected chi connectivity index (χ3v) is 3.97. The highest BCUT2D eigenvalue weighted by molar-refractivity contribution is 6.03. The summed E-state index contributed by atoms with van der Waals surface area (Å²) in [7, 11) is 1.52. The van der Waals surface area contributed by atoms with Crippen molar-refractivity contribution in [2.24, 2.45) is 5.92 Å². The number of carbonyl (C=O) groups is 2. The molecule has 0 spiro atoms. The fraction of sp³-hybridized carbons (Fsp3) is 0.368. The number of methoxy groups -OCH3 is 1. The van der Waals surface area contributed by atoms with Gasteiger partial charge in [0, 0.05) is 18.6 Å². The van der Waals surface area contributed by atoms with Gasteiger partial charge in [-0.1, -0.05) is 12.1 Å². The lowest BCUT2D eigenvalue weighted by molar-refractivity contribution is -0.134. The van der Waals surface area contributed by atoms with Gasteiger partial charge < -0.3 is 20.5 Å². The molecule has 27 heavy (non-hydrogen) atoms.